The van der Waals surface area contributed by atoms with Crippen LogP contribution in [-0.4, -0.2) is 50.2 Å². The summed E-state index contributed by atoms with van der Waals surface area (Å²) in [6.07, 6.45) is 1.41. The number of rotatable bonds is 5. The average molecular weight is 465 g/mol. The monoisotopic (exact) mass is 464 g/mol. The first-order chi connectivity index (χ1) is 16.2. The van der Waals surface area contributed by atoms with E-state index in [0.717, 1.165) is 17.7 Å². The van der Waals surface area contributed by atoms with Gasteiger partial charge in [-0.3, -0.25) is 24.5 Å². The van der Waals surface area contributed by atoms with Gasteiger partial charge in [0.25, 0.3) is 5.91 Å². The van der Waals surface area contributed by atoms with E-state index in [-0.39, 0.29) is 29.6 Å². The Bertz CT molecular complexity index is 1240. The molecule has 1 aromatic heterocycles. The number of piperidine rings is 1. The number of nitrogens with zero attached hydrogens (tertiary/aromatic N) is 4. The molecule has 3 aliphatic rings. The molecule has 178 valence electrons. The quantitative estimate of drug-likeness (QED) is 0.500. The second-order valence-corrected chi connectivity index (χ2v) is 10.1. The first kappa shape index (κ1) is 22.3. The van der Waals surface area contributed by atoms with E-state index in [9.17, 15) is 24.5 Å². The minimum Gasteiger partial charge on any atom is -0.340 e. The molecule has 34 heavy (non-hydrogen) atoms. The Morgan fingerprint density at radius 2 is 1.88 bits per heavy atom. The standard InChI is InChI=1S/C25H28N4O5/c1-15(2)9-22(28-14-17-5-3-4-6-19(17)23(28)30)24(31)26-11-16-10-18(13-26)20-7-8-21(29(33)34)25(32)27(20)12-16/h3-8,15-16,18,22H,9-14H2,1-2H3/t16-,18+,22+/m1/s1. The molecule has 9 heteroatoms. The number of hydrogen-bond acceptors (Lipinski definition) is 5. The first-order valence-electron chi connectivity index (χ1n) is 11.8. The van der Waals surface area contributed by atoms with Crippen LogP contribution < -0.4 is 5.56 Å². The number of amides is 2. The zero-order chi connectivity index (χ0) is 24.1. The van der Waals surface area contributed by atoms with E-state index in [1.165, 1.54) is 10.6 Å². The van der Waals surface area contributed by atoms with Crippen LogP contribution in [0.3, 0.4) is 0 Å². The molecule has 1 fully saturated rings. The predicted octanol–water partition coefficient (Wildman–Crippen LogP) is 2.77. The highest BCUT2D eigenvalue weighted by molar-refractivity contribution is 6.01. The van der Waals surface area contributed by atoms with Crippen LogP contribution in [0.4, 0.5) is 5.69 Å². The van der Waals surface area contributed by atoms with Crippen molar-refractivity contribution < 1.29 is 14.5 Å². The van der Waals surface area contributed by atoms with E-state index in [1.54, 1.807) is 11.0 Å². The molecule has 2 amide bonds. The van der Waals surface area contributed by atoms with Crippen LogP contribution in [0.15, 0.2) is 41.2 Å². The maximum Gasteiger partial charge on any atom is 0.334 e. The normalized spacial score (nSPS) is 21.9. The highest BCUT2D eigenvalue weighted by Crippen LogP contribution is 2.37. The molecular weight excluding hydrogens is 436 g/mol. The lowest BCUT2D eigenvalue weighted by Crippen LogP contribution is -2.55. The van der Waals surface area contributed by atoms with Crippen molar-refractivity contribution in [3.63, 3.8) is 0 Å². The van der Waals surface area contributed by atoms with Gasteiger partial charge >= 0.3 is 11.2 Å². The third kappa shape index (κ3) is 3.69. The molecule has 0 aliphatic carbocycles. The van der Waals surface area contributed by atoms with Crippen molar-refractivity contribution in [3.8, 4) is 0 Å². The van der Waals surface area contributed by atoms with Crippen molar-refractivity contribution in [2.75, 3.05) is 13.1 Å². The Labute approximate surface area is 197 Å². The summed E-state index contributed by atoms with van der Waals surface area (Å²) in [5.74, 6) is 0.0603. The van der Waals surface area contributed by atoms with E-state index in [0.29, 0.717) is 38.2 Å². The number of aromatic nitrogens is 1. The zero-order valence-electron chi connectivity index (χ0n) is 19.3. The molecule has 3 atom stereocenters. The minimum atomic E-state index is -0.641. The third-order valence-corrected chi connectivity index (χ3v) is 7.30. The lowest BCUT2D eigenvalue weighted by Gasteiger charge is -2.44. The Balaban J connectivity index is 1.41. The lowest BCUT2D eigenvalue weighted by atomic mass is 9.82. The van der Waals surface area contributed by atoms with Crippen LogP contribution in [0, 0.1) is 22.0 Å². The number of fused-ring (bicyclic) bond motifs is 5. The van der Waals surface area contributed by atoms with E-state index in [2.05, 4.69) is 13.8 Å². The van der Waals surface area contributed by atoms with E-state index in [1.807, 2.05) is 29.2 Å². The summed E-state index contributed by atoms with van der Waals surface area (Å²) in [5.41, 5.74) is 1.36. The van der Waals surface area contributed by atoms with Crippen LogP contribution in [0.5, 0.6) is 0 Å². The van der Waals surface area contributed by atoms with E-state index < -0.39 is 22.2 Å². The minimum absolute atomic E-state index is 0.0427. The SMILES string of the molecule is CC(C)C[C@@H](C(=O)N1C[C@H]2C[C@@H](C1)c1ccc([N+](=O)[O-])c(=O)n1C2)N1Cc2ccccc2C1=O. The number of likely N-dealkylation sites (tertiary alicyclic amines) is 1. The summed E-state index contributed by atoms with van der Waals surface area (Å²) in [7, 11) is 0. The fourth-order valence-corrected chi connectivity index (χ4v) is 5.80. The summed E-state index contributed by atoms with van der Waals surface area (Å²) >= 11 is 0. The fourth-order valence-electron chi connectivity index (χ4n) is 5.80. The highest BCUT2D eigenvalue weighted by atomic mass is 16.6. The van der Waals surface area contributed by atoms with Crippen molar-refractivity contribution in [1.82, 2.24) is 14.4 Å². The average Bonchev–Trinajstić information content (AvgIpc) is 3.13. The second kappa shape index (κ2) is 8.38. The van der Waals surface area contributed by atoms with Crippen molar-refractivity contribution in [2.24, 2.45) is 11.8 Å². The summed E-state index contributed by atoms with van der Waals surface area (Å²) < 4.78 is 1.52. The van der Waals surface area contributed by atoms with Crippen molar-refractivity contribution >= 4 is 17.5 Å². The maximum atomic E-state index is 13.8. The predicted molar refractivity (Wildman–Crippen MR) is 124 cm³/mol. The molecule has 0 spiro atoms. The number of hydrogen-bond donors (Lipinski definition) is 0. The van der Waals surface area contributed by atoms with E-state index >= 15 is 0 Å². The Morgan fingerprint density at radius 3 is 2.59 bits per heavy atom. The topological polar surface area (TPSA) is 106 Å². The number of pyridine rings is 1. The van der Waals surface area contributed by atoms with Crippen LogP contribution >= 0.6 is 0 Å². The molecule has 1 aromatic carbocycles. The van der Waals surface area contributed by atoms with Gasteiger partial charge in [-0.2, -0.15) is 0 Å². The molecule has 5 rings (SSSR count). The Morgan fingerprint density at radius 1 is 1.12 bits per heavy atom. The molecule has 0 saturated carbocycles. The van der Waals surface area contributed by atoms with Gasteiger partial charge in [-0.15, -0.1) is 0 Å². The Hall–Kier alpha value is -3.49. The summed E-state index contributed by atoms with van der Waals surface area (Å²) in [5, 5.41) is 11.2. The van der Waals surface area contributed by atoms with Crippen LogP contribution in [0.2, 0.25) is 0 Å². The number of benzene rings is 1. The van der Waals surface area contributed by atoms with Gasteiger partial charge in [-0.25, -0.2) is 0 Å². The molecule has 2 aromatic rings. The lowest BCUT2D eigenvalue weighted by molar-refractivity contribution is -0.386. The molecule has 2 bridgehead atoms. The number of carbonyl (C=O) groups excluding carboxylic acids is 2. The summed E-state index contributed by atoms with van der Waals surface area (Å²) in [4.78, 5) is 53.8. The number of nitro groups is 1. The molecule has 0 N–H and O–H groups in total. The van der Waals surface area contributed by atoms with Gasteiger partial charge in [-0.1, -0.05) is 32.0 Å². The van der Waals surface area contributed by atoms with Gasteiger partial charge in [0.15, 0.2) is 0 Å². The van der Waals surface area contributed by atoms with Gasteiger partial charge in [-0.05, 0) is 42.4 Å². The van der Waals surface area contributed by atoms with Crippen molar-refractivity contribution in [2.45, 2.75) is 51.7 Å². The second-order valence-electron chi connectivity index (χ2n) is 10.1. The summed E-state index contributed by atoms with van der Waals surface area (Å²) in [6, 6.07) is 9.88. The Kier molecular flexibility index (Phi) is 5.50. The van der Waals surface area contributed by atoms with Crippen molar-refractivity contribution in [1.29, 1.82) is 0 Å². The highest BCUT2D eigenvalue weighted by Gasteiger charge is 2.42. The van der Waals surface area contributed by atoms with E-state index in [4.69, 9.17) is 0 Å². The largest absolute Gasteiger partial charge is 0.340 e. The third-order valence-electron chi connectivity index (χ3n) is 7.30. The zero-order valence-corrected chi connectivity index (χ0v) is 19.3. The molecule has 1 saturated heterocycles. The molecule has 0 radical (unpaired) electrons. The fraction of sp³-hybridized carbons (Fsp3) is 0.480. The van der Waals surface area contributed by atoms with Gasteiger partial charge in [0.05, 0.1) is 4.92 Å². The van der Waals surface area contributed by atoms with Gasteiger partial charge < -0.3 is 14.4 Å². The molecule has 3 aliphatic heterocycles. The summed E-state index contributed by atoms with van der Waals surface area (Å²) in [6.45, 7) is 5.81. The molecular formula is C25H28N4O5. The van der Waals surface area contributed by atoms with Crippen LogP contribution in [-0.2, 0) is 17.9 Å². The van der Waals surface area contributed by atoms with Crippen LogP contribution in [0.25, 0.3) is 0 Å². The van der Waals surface area contributed by atoms with Crippen LogP contribution in [0.1, 0.15) is 54.2 Å². The maximum absolute atomic E-state index is 13.8. The number of carbonyl (C=O) groups is 2. The van der Waals surface area contributed by atoms with Crippen molar-refractivity contribution in [3.05, 3.63) is 73.7 Å². The van der Waals surface area contributed by atoms with Gasteiger partial charge in [0, 0.05) is 49.4 Å². The molecule has 4 heterocycles. The smallest absolute Gasteiger partial charge is 0.334 e. The van der Waals surface area contributed by atoms with Gasteiger partial charge in [0.2, 0.25) is 5.91 Å². The first-order valence-corrected chi connectivity index (χ1v) is 11.8. The van der Waals surface area contributed by atoms with Gasteiger partial charge in [0.1, 0.15) is 6.04 Å². The molecule has 0 unspecified atom stereocenters. The molecule has 9 nitrogen and oxygen atoms in total.